The number of aromatic nitrogens is 1. The third-order valence-electron chi connectivity index (χ3n) is 2.25. The molecular weight excluding hydrogens is 178 g/mol. The van der Waals surface area contributed by atoms with E-state index in [-0.39, 0.29) is 0 Å². The number of nitrogens with zero attached hydrogens (tertiary/aromatic N) is 1. The molecule has 1 aromatic heterocycles. The van der Waals surface area contributed by atoms with Crippen molar-refractivity contribution in [1.29, 1.82) is 0 Å². The highest BCUT2D eigenvalue weighted by molar-refractivity contribution is 7.11. The third kappa shape index (κ3) is 3.11. The zero-order valence-electron chi connectivity index (χ0n) is 8.89. The Morgan fingerprint density at radius 2 is 2.00 bits per heavy atom. The molecule has 1 nitrogen and oxygen atoms in total. The van der Waals surface area contributed by atoms with Crippen LogP contribution >= 0.6 is 11.3 Å². The first-order valence-electron chi connectivity index (χ1n) is 5.23. The first kappa shape index (κ1) is 10.7. The molecule has 0 amide bonds. The molecule has 0 fully saturated rings. The van der Waals surface area contributed by atoms with Crippen LogP contribution in [-0.2, 0) is 12.8 Å². The predicted octanol–water partition coefficient (Wildman–Crippen LogP) is 3.75. The molecule has 2 heteroatoms. The molecule has 0 spiro atoms. The van der Waals surface area contributed by atoms with E-state index in [1.807, 2.05) is 11.3 Å². The summed E-state index contributed by atoms with van der Waals surface area (Å²) in [6.45, 7) is 6.57. The lowest BCUT2D eigenvalue weighted by Crippen LogP contribution is -1.84. The molecule has 0 bridgehead atoms. The molecule has 1 heterocycles. The van der Waals surface area contributed by atoms with E-state index in [1.54, 1.807) is 0 Å². The maximum atomic E-state index is 4.57. The van der Waals surface area contributed by atoms with Gasteiger partial charge in [-0.25, -0.2) is 4.98 Å². The van der Waals surface area contributed by atoms with Crippen LogP contribution in [0.1, 0.15) is 48.7 Å². The van der Waals surface area contributed by atoms with E-state index < -0.39 is 0 Å². The molecule has 0 aliphatic heterocycles. The van der Waals surface area contributed by atoms with Gasteiger partial charge < -0.3 is 0 Å². The van der Waals surface area contributed by atoms with E-state index in [0.717, 1.165) is 6.42 Å². The fourth-order valence-electron chi connectivity index (χ4n) is 1.45. The van der Waals surface area contributed by atoms with Gasteiger partial charge in [-0.15, -0.1) is 11.3 Å². The normalized spacial score (nSPS) is 10.7. The molecule has 0 radical (unpaired) electrons. The molecule has 74 valence electrons. The van der Waals surface area contributed by atoms with Crippen molar-refractivity contribution in [3.05, 3.63) is 15.6 Å². The van der Waals surface area contributed by atoms with E-state index >= 15 is 0 Å². The van der Waals surface area contributed by atoms with E-state index in [9.17, 15) is 0 Å². The first-order valence-corrected chi connectivity index (χ1v) is 6.04. The number of unbranched alkanes of at least 4 members (excludes halogenated alkanes) is 2. The summed E-state index contributed by atoms with van der Waals surface area (Å²) in [5.74, 6) is 0. The van der Waals surface area contributed by atoms with Crippen molar-refractivity contribution < 1.29 is 0 Å². The van der Waals surface area contributed by atoms with Gasteiger partial charge in [-0.05, 0) is 26.2 Å². The number of thiazole rings is 1. The molecule has 0 saturated carbocycles. The second-order valence-electron chi connectivity index (χ2n) is 3.43. The Bertz CT molecular complexity index is 253. The maximum absolute atomic E-state index is 4.57. The fourth-order valence-corrected chi connectivity index (χ4v) is 2.50. The molecule has 13 heavy (non-hydrogen) atoms. The van der Waals surface area contributed by atoms with Gasteiger partial charge in [0, 0.05) is 4.88 Å². The Morgan fingerprint density at radius 1 is 1.23 bits per heavy atom. The van der Waals surface area contributed by atoms with Gasteiger partial charge >= 0.3 is 0 Å². The minimum atomic E-state index is 1.14. The Labute approximate surface area is 85.2 Å². The lowest BCUT2D eigenvalue weighted by atomic mass is 10.2. The van der Waals surface area contributed by atoms with Crippen molar-refractivity contribution in [2.75, 3.05) is 0 Å². The van der Waals surface area contributed by atoms with Crippen LogP contribution in [0.25, 0.3) is 0 Å². The van der Waals surface area contributed by atoms with Gasteiger partial charge in [0.1, 0.15) is 0 Å². The van der Waals surface area contributed by atoms with Crippen LogP contribution in [0, 0.1) is 6.92 Å². The van der Waals surface area contributed by atoms with Gasteiger partial charge in [-0.1, -0.05) is 26.7 Å². The first-order chi connectivity index (χ1) is 6.27. The van der Waals surface area contributed by atoms with Crippen LogP contribution in [-0.4, -0.2) is 4.98 Å². The monoisotopic (exact) mass is 197 g/mol. The summed E-state index contributed by atoms with van der Waals surface area (Å²) in [5, 5.41) is 1.34. The van der Waals surface area contributed by atoms with Crippen molar-refractivity contribution in [3.63, 3.8) is 0 Å². The van der Waals surface area contributed by atoms with E-state index in [0.29, 0.717) is 0 Å². The summed E-state index contributed by atoms with van der Waals surface area (Å²) in [6.07, 6.45) is 6.24. The number of rotatable bonds is 5. The van der Waals surface area contributed by atoms with E-state index in [2.05, 4.69) is 25.8 Å². The summed E-state index contributed by atoms with van der Waals surface area (Å²) in [7, 11) is 0. The van der Waals surface area contributed by atoms with Crippen LogP contribution in [0.15, 0.2) is 0 Å². The summed E-state index contributed by atoms with van der Waals surface area (Å²) in [4.78, 5) is 6.04. The molecule has 1 aromatic rings. The minimum Gasteiger partial charge on any atom is -0.246 e. The highest BCUT2D eigenvalue weighted by Gasteiger charge is 2.04. The van der Waals surface area contributed by atoms with Crippen molar-refractivity contribution in [2.45, 2.75) is 52.9 Å². The van der Waals surface area contributed by atoms with E-state index in [4.69, 9.17) is 0 Å². The quantitative estimate of drug-likeness (QED) is 0.655. The molecule has 0 atom stereocenters. The van der Waals surface area contributed by atoms with Crippen LogP contribution in [0.5, 0.6) is 0 Å². The molecule has 0 unspecified atom stereocenters. The fraction of sp³-hybridized carbons (Fsp3) is 0.727. The third-order valence-corrected chi connectivity index (χ3v) is 3.61. The average Bonchev–Trinajstić information content (AvgIpc) is 2.47. The number of hydrogen-bond donors (Lipinski definition) is 0. The smallest absolute Gasteiger partial charge is 0.0930 e. The largest absolute Gasteiger partial charge is 0.246 e. The van der Waals surface area contributed by atoms with Gasteiger partial charge in [0.05, 0.1) is 10.7 Å². The molecule has 0 saturated heterocycles. The molecule has 1 rings (SSSR count). The van der Waals surface area contributed by atoms with Crippen molar-refractivity contribution >= 4 is 11.3 Å². The number of hydrogen-bond acceptors (Lipinski definition) is 2. The predicted molar refractivity (Wildman–Crippen MR) is 59.5 cm³/mol. The van der Waals surface area contributed by atoms with Gasteiger partial charge in [-0.3, -0.25) is 0 Å². The second kappa shape index (κ2) is 5.38. The van der Waals surface area contributed by atoms with Crippen LogP contribution in [0.4, 0.5) is 0 Å². The molecule has 0 N–H and O–H groups in total. The van der Waals surface area contributed by atoms with Crippen LogP contribution in [0.2, 0.25) is 0 Å². The van der Waals surface area contributed by atoms with Crippen LogP contribution < -0.4 is 0 Å². The summed E-state index contributed by atoms with van der Waals surface area (Å²) in [6, 6.07) is 0. The Kier molecular flexibility index (Phi) is 4.43. The van der Waals surface area contributed by atoms with Crippen molar-refractivity contribution in [3.8, 4) is 0 Å². The lowest BCUT2D eigenvalue weighted by Gasteiger charge is -1.93. The molecule has 0 aliphatic rings. The van der Waals surface area contributed by atoms with Crippen molar-refractivity contribution in [2.24, 2.45) is 0 Å². The topological polar surface area (TPSA) is 12.9 Å². The zero-order valence-corrected chi connectivity index (χ0v) is 9.71. The SMILES string of the molecule is CCCCCc1nc(C)c(CC)s1. The maximum Gasteiger partial charge on any atom is 0.0930 e. The molecule has 0 aliphatic carbocycles. The van der Waals surface area contributed by atoms with E-state index in [1.165, 1.54) is 41.3 Å². The highest BCUT2D eigenvalue weighted by atomic mass is 32.1. The van der Waals surface area contributed by atoms with Crippen LogP contribution in [0.3, 0.4) is 0 Å². The Hall–Kier alpha value is -0.370. The molecule has 0 aromatic carbocycles. The average molecular weight is 197 g/mol. The van der Waals surface area contributed by atoms with Gasteiger partial charge in [0.2, 0.25) is 0 Å². The lowest BCUT2D eigenvalue weighted by molar-refractivity contribution is 0.714. The summed E-state index contributed by atoms with van der Waals surface area (Å²) >= 11 is 1.90. The zero-order chi connectivity index (χ0) is 9.68. The summed E-state index contributed by atoms with van der Waals surface area (Å²) in [5.41, 5.74) is 1.25. The van der Waals surface area contributed by atoms with Gasteiger partial charge in [0.15, 0.2) is 0 Å². The highest BCUT2D eigenvalue weighted by Crippen LogP contribution is 2.20. The Morgan fingerprint density at radius 3 is 2.54 bits per heavy atom. The number of aryl methyl sites for hydroxylation is 3. The Balaban J connectivity index is 2.48. The van der Waals surface area contributed by atoms with Crippen molar-refractivity contribution in [1.82, 2.24) is 4.98 Å². The minimum absolute atomic E-state index is 1.14. The second-order valence-corrected chi connectivity index (χ2v) is 4.60. The molecular formula is C11H19NS. The summed E-state index contributed by atoms with van der Waals surface area (Å²) < 4.78 is 0. The van der Waals surface area contributed by atoms with Gasteiger partial charge in [0.25, 0.3) is 0 Å². The van der Waals surface area contributed by atoms with Gasteiger partial charge in [-0.2, -0.15) is 0 Å². The standard InChI is InChI=1S/C11H19NS/c1-4-6-7-8-11-12-9(3)10(5-2)13-11/h4-8H2,1-3H3.